The van der Waals surface area contributed by atoms with Crippen LogP contribution in [-0.4, -0.2) is 20.5 Å². The molecule has 0 saturated carbocycles. The van der Waals surface area contributed by atoms with Crippen molar-refractivity contribution in [2.75, 3.05) is 0 Å². The minimum absolute atomic E-state index is 0.00347. The summed E-state index contributed by atoms with van der Waals surface area (Å²) in [5.41, 5.74) is 2.47. The molecular weight excluding hydrogens is 247 g/mol. The van der Waals surface area contributed by atoms with Gasteiger partial charge in [-0.25, -0.2) is 14.2 Å². The monoisotopic (exact) mass is 256 g/mol. The molecule has 0 unspecified atom stereocenters. The van der Waals surface area contributed by atoms with E-state index in [9.17, 15) is 9.18 Å². The summed E-state index contributed by atoms with van der Waals surface area (Å²) in [6.45, 7) is 0. The van der Waals surface area contributed by atoms with Crippen LogP contribution in [0.15, 0.2) is 48.9 Å². The summed E-state index contributed by atoms with van der Waals surface area (Å²) in [5, 5.41) is 8.89. The maximum absolute atomic E-state index is 12.9. The van der Waals surface area contributed by atoms with Crippen molar-refractivity contribution in [2.24, 2.45) is 0 Å². The molecule has 94 valence electrons. The molecule has 0 amide bonds. The summed E-state index contributed by atoms with van der Waals surface area (Å²) in [6.07, 6.45) is 3.27. The van der Waals surface area contributed by atoms with Crippen molar-refractivity contribution in [2.45, 2.75) is 0 Å². The smallest absolute Gasteiger partial charge is 0.354 e. The second kappa shape index (κ2) is 4.20. The summed E-state index contributed by atoms with van der Waals surface area (Å²) in [6, 6.07) is 9.46. The molecule has 3 aromatic rings. The first-order valence-electron chi connectivity index (χ1n) is 5.60. The highest BCUT2D eigenvalue weighted by atomic mass is 19.1. The lowest BCUT2D eigenvalue weighted by Gasteiger charge is -1.95. The second-order valence-corrected chi connectivity index (χ2v) is 4.15. The second-order valence-electron chi connectivity index (χ2n) is 4.15. The fourth-order valence-corrected chi connectivity index (χ4v) is 1.93. The van der Waals surface area contributed by atoms with Gasteiger partial charge in [0.05, 0.1) is 0 Å². The molecule has 3 rings (SSSR count). The normalized spacial score (nSPS) is 10.8. The van der Waals surface area contributed by atoms with Gasteiger partial charge < -0.3 is 9.51 Å². The Morgan fingerprint density at radius 2 is 1.89 bits per heavy atom. The minimum atomic E-state index is -1.06. The van der Waals surface area contributed by atoms with E-state index in [0.29, 0.717) is 0 Å². The van der Waals surface area contributed by atoms with Gasteiger partial charge in [-0.2, -0.15) is 0 Å². The average molecular weight is 256 g/mol. The van der Waals surface area contributed by atoms with Gasteiger partial charge in [0.25, 0.3) is 0 Å². The Balaban J connectivity index is 2.11. The molecule has 5 heteroatoms. The number of aromatic carboxylic acids is 1. The van der Waals surface area contributed by atoms with Crippen LogP contribution in [0.2, 0.25) is 0 Å². The number of halogens is 1. The first-order chi connectivity index (χ1) is 9.13. The molecule has 0 aliphatic carbocycles. The topological polar surface area (TPSA) is 54.6 Å². The van der Waals surface area contributed by atoms with Crippen LogP contribution in [0.5, 0.6) is 0 Å². The third-order valence-electron chi connectivity index (χ3n) is 2.88. The molecule has 0 saturated heterocycles. The molecule has 2 heterocycles. The van der Waals surface area contributed by atoms with Crippen LogP contribution >= 0.6 is 0 Å². The minimum Gasteiger partial charge on any atom is -0.477 e. The zero-order valence-corrected chi connectivity index (χ0v) is 9.75. The number of hydrogen-bond donors (Lipinski definition) is 1. The summed E-state index contributed by atoms with van der Waals surface area (Å²) in [5.74, 6) is -1.35. The lowest BCUT2D eigenvalue weighted by atomic mass is 10.1. The van der Waals surface area contributed by atoms with E-state index in [1.165, 1.54) is 24.5 Å². The number of hydrogen-bond acceptors (Lipinski definition) is 2. The molecule has 0 fully saturated rings. The van der Waals surface area contributed by atoms with Crippen molar-refractivity contribution < 1.29 is 14.3 Å². The van der Waals surface area contributed by atoms with Gasteiger partial charge in [0, 0.05) is 17.3 Å². The van der Waals surface area contributed by atoms with Gasteiger partial charge >= 0.3 is 5.97 Å². The molecule has 0 bridgehead atoms. The van der Waals surface area contributed by atoms with Gasteiger partial charge in [0.15, 0.2) is 5.69 Å². The average Bonchev–Trinajstić information content (AvgIpc) is 2.82. The van der Waals surface area contributed by atoms with E-state index in [1.54, 1.807) is 16.5 Å². The number of nitrogens with zero attached hydrogens (tertiary/aromatic N) is 2. The number of fused-ring (bicyclic) bond motifs is 1. The molecule has 1 N–H and O–H groups in total. The first kappa shape index (κ1) is 11.4. The summed E-state index contributed by atoms with van der Waals surface area (Å²) in [4.78, 5) is 14.7. The molecular formula is C14H9FN2O2. The molecule has 0 aliphatic rings. The molecule has 0 atom stereocenters. The fraction of sp³-hybridized carbons (Fsp3) is 0. The maximum Gasteiger partial charge on any atom is 0.354 e. The lowest BCUT2D eigenvalue weighted by molar-refractivity contribution is 0.0690. The van der Waals surface area contributed by atoms with E-state index in [4.69, 9.17) is 5.11 Å². The molecule has 0 aliphatic heterocycles. The number of aromatic nitrogens is 2. The number of benzene rings is 1. The Hall–Kier alpha value is -2.69. The Kier molecular flexibility index (Phi) is 2.52. The fourth-order valence-electron chi connectivity index (χ4n) is 1.93. The van der Waals surface area contributed by atoms with Crippen LogP contribution < -0.4 is 0 Å². The molecule has 2 aromatic heterocycles. The van der Waals surface area contributed by atoms with E-state index in [0.717, 1.165) is 16.6 Å². The standard InChI is InChI=1S/C14H9FN2O2/c15-11-3-1-9(2-4-11)10-5-12-6-13(14(18)19)16-8-17(12)7-10/h1-8H,(H,18,19). The van der Waals surface area contributed by atoms with Crippen LogP contribution in [-0.2, 0) is 0 Å². The zero-order chi connectivity index (χ0) is 13.4. The Labute approximate surface area is 107 Å². The van der Waals surface area contributed by atoms with Gasteiger partial charge in [-0.3, -0.25) is 0 Å². The Morgan fingerprint density at radius 3 is 2.58 bits per heavy atom. The highest BCUT2D eigenvalue weighted by Gasteiger charge is 2.08. The van der Waals surface area contributed by atoms with Crippen molar-refractivity contribution in [3.8, 4) is 11.1 Å². The number of carbonyl (C=O) groups is 1. The van der Waals surface area contributed by atoms with E-state index in [1.807, 2.05) is 12.3 Å². The third-order valence-corrected chi connectivity index (χ3v) is 2.88. The van der Waals surface area contributed by atoms with Gasteiger partial charge in [-0.1, -0.05) is 12.1 Å². The van der Waals surface area contributed by atoms with Crippen molar-refractivity contribution in [3.05, 3.63) is 60.4 Å². The number of carboxylic acid groups (broad SMARTS) is 1. The summed E-state index contributed by atoms with van der Waals surface area (Å²) in [7, 11) is 0. The van der Waals surface area contributed by atoms with E-state index < -0.39 is 5.97 Å². The van der Waals surface area contributed by atoms with Crippen LogP contribution in [0.1, 0.15) is 10.5 Å². The molecule has 0 spiro atoms. The van der Waals surface area contributed by atoms with Gasteiger partial charge in [-0.05, 0) is 29.8 Å². The van der Waals surface area contributed by atoms with Crippen LogP contribution in [0, 0.1) is 5.82 Å². The van der Waals surface area contributed by atoms with Crippen molar-refractivity contribution in [1.82, 2.24) is 9.38 Å². The summed E-state index contributed by atoms with van der Waals surface area (Å²) < 4.78 is 14.6. The summed E-state index contributed by atoms with van der Waals surface area (Å²) >= 11 is 0. The van der Waals surface area contributed by atoms with Gasteiger partial charge in [-0.15, -0.1) is 0 Å². The van der Waals surface area contributed by atoms with Gasteiger partial charge in [0.1, 0.15) is 12.1 Å². The highest BCUT2D eigenvalue weighted by Crippen LogP contribution is 2.23. The Morgan fingerprint density at radius 1 is 1.16 bits per heavy atom. The van der Waals surface area contributed by atoms with Crippen LogP contribution in [0.4, 0.5) is 4.39 Å². The molecule has 0 radical (unpaired) electrons. The quantitative estimate of drug-likeness (QED) is 0.767. The van der Waals surface area contributed by atoms with Crippen LogP contribution in [0.3, 0.4) is 0 Å². The lowest BCUT2D eigenvalue weighted by Crippen LogP contribution is -2.00. The zero-order valence-electron chi connectivity index (χ0n) is 9.75. The maximum atomic E-state index is 12.9. The van der Waals surface area contributed by atoms with Gasteiger partial charge in [0.2, 0.25) is 0 Å². The number of carboxylic acids is 1. The molecule has 1 aromatic carbocycles. The van der Waals surface area contributed by atoms with E-state index in [-0.39, 0.29) is 11.5 Å². The highest BCUT2D eigenvalue weighted by molar-refractivity contribution is 5.87. The van der Waals surface area contributed by atoms with E-state index in [2.05, 4.69) is 4.98 Å². The molecule has 4 nitrogen and oxygen atoms in total. The van der Waals surface area contributed by atoms with Crippen molar-refractivity contribution in [3.63, 3.8) is 0 Å². The Bertz CT molecular complexity index is 763. The third kappa shape index (κ3) is 2.06. The van der Waals surface area contributed by atoms with Crippen LogP contribution in [0.25, 0.3) is 16.6 Å². The first-order valence-corrected chi connectivity index (χ1v) is 5.60. The van der Waals surface area contributed by atoms with E-state index >= 15 is 0 Å². The predicted octanol–water partition coefficient (Wildman–Crippen LogP) is 2.84. The van der Waals surface area contributed by atoms with Crippen molar-refractivity contribution >= 4 is 11.5 Å². The molecule has 19 heavy (non-hydrogen) atoms. The SMILES string of the molecule is O=C(O)c1cc2cc(-c3ccc(F)cc3)cn2cn1. The predicted molar refractivity (Wildman–Crippen MR) is 67.5 cm³/mol. The largest absolute Gasteiger partial charge is 0.477 e. The number of rotatable bonds is 2. The van der Waals surface area contributed by atoms with Crippen molar-refractivity contribution in [1.29, 1.82) is 0 Å².